The van der Waals surface area contributed by atoms with E-state index in [4.69, 9.17) is 4.74 Å². The molecule has 2 atom stereocenters. The van der Waals surface area contributed by atoms with Crippen LogP contribution in [-0.2, 0) is 4.74 Å². The Balaban J connectivity index is 1.72. The summed E-state index contributed by atoms with van der Waals surface area (Å²) < 4.78 is 18.8. The zero-order valence-electron chi connectivity index (χ0n) is 11.0. The van der Waals surface area contributed by atoms with Crippen LogP contribution in [0.4, 0.5) is 4.39 Å². The molecule has 0 radical (unpaired) electrons. The third-order valence-corrected chi connectivity index (χ3v) is 3.54. The molecule has 1 aromatic carbocycles. The van der Waals surface area contributed by atoms with Gasteiger partial charge in [-0.25, -0.2) is 4.39 Å². The van der Waals surface area contributed by atoms with E-state index in [9.17, 15) is 4.39 Å². The quantitative estimate of drug-likeness (QED) is 0.865. The molecule has 0 aromatic heterocycles. The lowest BCUT2D eigenvalue weighted by molar-refractivity contribution is 0.0112. The maximum absolute atomic E-state index is 13.1. The van der Waals surface area contributed by atoms with E-state index in [0.717, 1.165) is 25.1 Å². The van der Waals surface area contributed by atoms with Crippen molar-refractivity contribution < 1.29 is 9.13 Å². The third kappa shape index (κ3) is 4.07. The monoisotopic (exact) mass is 251 g/mol. The van der Waals surface area contributed by atoms with Gasteiger partial charge in [0.15, 0.2) is 0 Å². The van der Waals surface area contributed by atoms with Crippen LogP contribution in [0, 0.1) is 5.82 Å². The molecule has 0 amide bonds. The summed E-state index contributed by atoms with van der Waals surface area (Å²) >= 11 is 0. The molecule has 1 aliphatic rings. The summed E-state index contributed by atoms with van der Waals surface area (Å²) in [5, 5.41) is 3.43. The first-order chi connectivity index (χ1) is 8.75. The van der Waals surface area contributed by atoms with Gasteiger partial charge in [0.05, 0.1) is 6.10 Å². The second kappa shape index (κ2) is 6.86. The molecule has 1 fully saturated rings. The molecule has 1 aliphatic heterocycles. The molecule has 0 aliphatic carbocycles. The highest BCUT2D eigenvalue weighted by molar-refractivity contribution is 5.19. The molecule has 2 unspecified atom stereocenters. The standard InChI is InChI=1S/C15H22FNO/c1-12(13-5-4-6-14(16)11-13)17-9-8-15-7-2-3-10-18-15/h4-6,11-12,15,17H,2-3,7-10H2,1H3. The zero-order valence-corrected chi connectivity index (χ0v) is 11.0. The smallest absolute Gasteiger partial charge is 0.123 e. The number of hydrogen-bond donors (Lipinski definition) is 1. The van der Waals surface area contributed by atoms with Gasteiger partial charge in [0.1, 0.15) is 5.82 Å². The van der Waals surface area contributed by atoms with Crippen molar-refractivity contribution in [3.63, 3.8) is 0 Å². The van der Waals surface area contributed by atoms with Gasteiger partial charge < -0.3 is 10.1 Å². The van der Waals surface area contributed by atoms with Gasteiger partial charge in [0.25, 0.3) is 0 Å². The van der Waals surface area contributed by atoms with Gasteiger partial charge in [-0.2, -0.15) is 0 Å². The molecule has 2 rings (SSSR count). The van der Waals surface area contributed by atoms with E-state index in [1.54, 1.807) is 12.1 Å². The average molecular weight is 251 g/mol. The number of halogens is 1. The second-order valence-electron chi connectivity index (χ2n) is 5.01. The maximum Gasteiger partial charge on any atom is 0.123 e. The summed E-state index contributed by atoms with van der Waals surface area (Å²) in [4.78, 5) is 0. The van der Waals surface area contributed by atoms with E-state index in [0.29, 0.717) is 6.10 Å². The van der Waals surface area contributed by atoms with Crippen LogP contribution in [0.3, 0.4) is 0 Å². The summed E-state index contributed by atoms with van der Waals surface area (Å²) in [5.41, 5.74) is 1.000. The SMILES string of the molecule is CC(NCCC1CCCCO1)c1cccc(F)c1. The molecule has 0 spiro atoms. The molecular weight excluding hydrogens is 229 g/mol. The van der Waals surface area contributed by atoms with E-state index >= 15 is 0 Å². The molecule has 100 valence electrons. The molecule has 3 heteroatoms. The fourth-order valence-corrected chi connectivity index (χ4v) is 2.39. The van der Waals surface area contributed by atoms with Gasteiger partial charge in [-0.3, -0.25) is 0 Å². The highest BCUT2D eigenvalue weighted by Gasteiger charge is 2.13. The van der Waals surface area contributed by atoms with E-state index in [1.165, 1.54) is 25.3 Å². The molecule has 18 heavy (non-hydrogen) atoms. The van der Waals surface area contributed by atoms with E-state index in [2.05, 4.69) is 12.2 Å². The van der Waals surface area contributed by atoms with Crippen LogP contribution in [-0.4, -0.2) is 19.3 Å². The van der Waals surface area contributed by atoms with Gasteiger partial charge in [0, 0.05) is 12.6 Å². The summed E-state index contributed by atoms with van der Waals surface area (Å²) in [7, 11) is 0. The van der Waals surface area contributed by atoms with Crippen molar-refractivity contribution >= 4 is 0 Å². The lowest BCUT2D eigenvalue weighted by Gasteiger charge is -2.23. The lowest BCUT2D eigenvalue weighted by Crippen LogP contribution is -2.27. The Morgan fingerprint density at radius 2 is 2.33 bits per heavy atom. The van der Waals surface area contributed by atoms with Crippen molar-refractivity contribution in [1.82, 2.24) is 5.32 Å². The van der Waals surface area contributed by atoms with Crippen molar-refractivity contribution in [3.8, 4) is 0 Å². The number of rotatable bonds is 5. The van der Waals surface area contributed by atoms with E-state index in [1.807, 2.05) is 6.07 Å². The predicted octanol–water partition coefficient (Wildman–Crippen LogP) is 3.44. The minimum absolute atomic E-state index is 0.170. The number of nitrogens with one attached hydrogen (secondary N) is 1. The lowest BCUT2D eigenvalue weighted by atomic mass is 10.1. The molecule has 1 aromatic rings. The van der Waals surface area contributed by atoms with Crippen molar-refractivity contribution in [2.45, 2.75) is 44.8 Å². The first-order valence-electron chi connectivity index (χ1n) is 6.86. The summed E-state index contributed by atoms with van der Waals surface area (Å²) in [6.45, 7) is 3.89. The summed E-state index contributed by atoms with van der Waals surface area (Å²) in [5.74, 6) is -0.170. The minimum atomic E-state index is -0.170. The fourth-order valence-electron chi connectivity index (χ4n) is 2.39. The Morgan fingerprint density at radius 1 is 1.44 bits per heavy atom. The van der Waals surface area contributed by atoms with Crippen molar-refractivity contribution in [2.75, 3.05) is 13.2 Å². The molecule has 1 N–H and O–H groups in total. The van der Waals surface area contributed by atoms with E-state index < -0.39 is 0 Å². The number of ether oxygens (including phenoxy) is 1. The molecule has 1 heterocycles. The van der Waals surface area contributed by atoms with Crippen LogP contribution in [0.1, 0.15) is 44.2 Å². The van der Waals surface area contributed by atoms with Crippen molar-refractivity contribution in [1.29, 1.82) is 0 Å². The summed E-state index contributed by atoms with van der Waals surface area (Å²) in [6, 6.07) is 6.97. The number of benzene rings is 1. The van der Waals surface area contributed by atoms with Crippen LogP contribution in [0.25, 0.3) is 0 Å². The minimum Gasteiger partial charge on any atom is -0.378 e. The van der Waals surface area contributed by atoms with Crippen LogP contribution in [0.2, 0.25) is 0 Å². The maximum atomic E-state index is 13.1. The van der Waals surface area contributed by atoms with E-state index in [-0.39, 0.29) is 11.9 Å². The fraction of sp³-hybridized carbons (Fsp3) is 0.600. The molecule has 2 nitrogen and oxygen atoms in total. The molecule has 0 bridgehead atoms. The van der Waals surface area contributed by atoms with Gasteiger partial charge in [-0.1, -0.05) is 12.1 Å². The van der Waals surface area contributed by atoms with Crippen LogP contribution >= 0.6 is 0 Å². The summed E-state index contributed by atoms with van der Waals surface area (Å²) in [6.07, 6.45) is 5.11. The van der Waals surface area contributed by atoms with Crippen molar-refractivity contribution in [2.24, 2.45) is 0 Å². The normalized spacial score (nSPS) is 21.8. The van der Waals surface area contributed by atoms with Crippen LogP contribution in [0.5, 0.6) is 0 Å². The predicted molar refractivity (Wildman–Crippen MR) is 71.0 cm³/mol. The first kappa shape index (κ1) is 13.5. The first-order valence-corrected chi connectivity index (χ1v) is 6.86. The molecule has 0 saturated carbocycles. The van der Waals surface area contributed by atoms with Gasteiger partial charge in [-0.15, -0.1) is 0 Å². The largest absolute Gasteiger partial charge is 0.378 e. The van der Waals surface area contributed by atoms with Crippen LogP contribution in [0.15, 0.2) is 24.3 Å². The Morgan fingerprint density at radius 3 is 3.06 bits per heavy atom. The van der Waals surface area contributed by atoms with Crippen LogP contribution < -0.4 is 5.32 Å². The highest BCUT2D eigenvalue weighted by atomic mass is 19.1. The second-order valence-corrected chi connectivity index (χ2v) is 5.01. The zero-order chi connectivity index (χ0) is 12.8. The van der Waals surface area contributed by atoms with Gasteiger partial charge in [0.2, 0.25) is 0 Å². The van der Waals surface area contributed by atoms with Gasteiger partial charge in [-0.05, 0) is 56.8 Å². The third-order valence-electron chi connectivity index (χ3n) is 3.54. The Bertz CT molecular complexity index is 363. The van der Waals surface area contributed by atoms with Gasteiger partial charge >= 0.3 is 0 Å². The number of hydrogen-bond acceptors (Lipinski definition) is 2. The van der Waals surface area contributed by atoms with Crippen molar-refractivity contribution in [3.05, 3.63) is 35.6 Å². The Kier molecular flexibility index (Phi) is 5.14. The Hall–Kier alpha value is -0.930. The molecule has 1 saturated heterocycles. The average Bonchev–Trinajstić information content (AvgIpc) is 2.40. The highest BCUT2D eigenvalue weighted by Crippen LogP contribution is 2.17. The molecular formula is C15H22FNO. The Labute approximate surface area is 109 Å². The topological polar surface area (TPSA) is 21.3 Å².